The second-order valence-corrected chi connectivity index (χ2v) is 5.85. The number of rotatable bonds is 4. The summed E-state index contributed by atoms with van der Waals surface area (Å²) in [6.07, 6.45) is 0.616. The molecule has 0 radical (unpaired) electrons. The van der Waals surface area contributed by atoms with E-state index in [1.165, 1.54) is 6.07 Å². The Morgan fingerprint density at radius 3 is 2.58 bits per heavy atom. The number of aromatic nitrogens is 1. The highest BCUT2D eigenvalue weighted by Gasteiger charge is 2.18. The van der Waals surface area contributed by atoms with Crippen LogP contribution in [0.3, 0.4) is 0 Å². The number of azo groups is 1. The Balaban J connectivity index is 2.59. The lowest BCUT2D eigenvalue weighted by Gasteiger charge is -2.11. The van der Waals surface area contributed by atoms with Gasteiger partial charge in [0.1, 0.15) is 11.6 Å². The average molecular weight is 365 g/mol. The maximum atomic E-state index is 12.5. The first-order chi connectivity index (χ1) is 11.4. The molecule has 0 fully saturated rings. The van der Waals surface area contributed by atoms with Gasteiger partial charge >= 0.3 is 0 Å². The van der Waals surface area contributed by atoms with E-state index >= 15 is 0 Å². The van der Waals surface area contributed by atoms with Gasteiger partial charge in [0, 0.05) is 12.1 Å². The first kappa shape index (κ1) is 18.0. The van der Waals surface area contributed by atoms with Crippen LogP contribution >= 0.6 is 23.2 Å². The molecule has 0 spiro atoms. The summed E-state index contributed by atoms with van der Waals surface area (Å²) in [5.74, 6) is -0.352. The van der Waals surface area contributed by atoms with E-state index in [2.05, 4.69) is 10.2 Å². The molecule has 6 nitrogen and oxygen atoms in total. The van der Waals surface area contributed by atoms with Crippen molar-refractivity contribution >= 4 is 34.6 Å². The van der Waals surface area contributed by atoms with Crippen molar-refractivity contribution < 1.29 is 5.11 Å². The zero-order valence-corrected chi connectivity index (χ0v) is 14.6. The number of aromatic hydroxyl groups is 1. The van der Waals surface area contributed by atoms with E-state index in [1.807, 2.05) is 13.0 Å². The molecule has 0 aliphatic heterocycles. The van der Waals surface area contributed by atoms with Gasteiger partial charge in [-0.25, -0.2) is 0 Å². The molecular weight excluding hydrogens is 351 g/mol. The molecular formula is C16H14Cl2N4O2. The molecule has 2 rings (SSSR count). The minimum atomic E-state index is -0.505. The number of nitrogens with zero attached hydrogens (tertiary/aromatic N) is 4. The number of hydrogen-bond donors (Lipinski definition) is 1. The fourth-order valence-corrected chi connectivity index (χ4v) is 2.44. The summed E-state index contributed by atoms with van der Waals surface area (Å²) in [5.41, 5.74) is 0.192. The summed E-state index contributed by atoms with van der Waals surface area (Å²) in [4.78, 5) is 12.5. The zero-order chi connectivity index (χ0) is 17.9. The van der Waals surface area contributed by atoms with Crippen LogP contribution in [0.5, 0.6) is 5.88 Å². The van der Waals surface area contributed by atoms with Crippen molar-refractivity contribution in [3.63, 3.8) is 0 Å². The Hall–Kier alpha value is -2.36. The topological polar surface area (TPSA) is 90.7 Å². The number of pyridine rings is 1. The van der Waals surface area contributed by atoms with Gasteiger partial charge in [-0.2, -0.15) is 10.4 Å². The highest BCUT2D eigenvalue weighted by Crippen LogP contribution is 2.29. The molecule has 0 amide bonds. The van der Waals surface area contributed by atoms with Gasteiger partial charge in [-0.1, -0.05) is 30.1 Å². The maximum Gasteiger partial charge on any atom is 0.281 e. The Kier molecular flexibility index (Phi) is 5.60. The largest absolute Gasteiger partial charge is 0.493 e. The van der Waals surface area contributed by atoms with Crippen LogP contribution in [-0.4, -0.2) is 9.67 Å². The van der Waals surface area contributed by atoms with Crippen molar-refractivity contribution in [3.8, 4) is 11.9 Å². The quantitative estimate of drug-likeness (QED) is 0.784. The van der Waals surface area contributed by atoms with Gasteiger partial charge in [0.2, 0.25) is 5.88 Å². The Morgan fingerprint density at radius 2 is 2.00 bits per heavy atom. The van der Waals surface area contributed by atoms with Crippen LogP contribution in [0.25, 0.3) is 0 Å². The maximum absolute atomic E-state index is 12.5. The fourth-order valence-electron chi connectivity index (χ4n) is 2.14. The first-order valence-electron chi connectivity index (χ1n) is 7.14. The van der Waals surface area contributed by atoms with Crippen molar-refractivity contribution in [2.45, 2.75) is 26.8 Å². The predicted molar refractivity (Wildman–Crippen MR) is 92.7 cm³/mol. The van der Waals surface area contributed by atoms with E-state index in [9.17, 15) is 15.2 Å². The number of hydrogen-bond acceptors (Lipinski definition) is 5. The van der Waals surface area contributed by atoms with E-state index in [4.69, 9.17) is 23.2 Å². The molecule has 0 bridgehead atoms. The predicted octanol–water partition coefficient (Wildman–Crippen LogP) is 4.87. The lowest BCUT2D eigenvalue weighted by molar-refractivity contribution is 0.402. The van der Waals surface area contributed by atoms with Gasteiger partial charge in [-0.05, 0) is 31.5 Å². The van der Waals surface area contributed by atoms with Crippen molar-refractivity contribution in [1.82, 2.24) is 4.57 Å². The third-order valence-electron chi connectivity index (χ3n) is 3.38. The molecule has 8 heteroatoms. The summed E-state index contributed by atoms with van der Waals surface area (Å²) >= 11 is 11.8. The van der Waals surface area contributed by atoms with E-state index in [1.54, 1.807) is 19.1 Å². The average Bonchev–Trinajstić information content (AvgIpc) is 2.55. The third kappa shape index (κ3) is 3.42. The molecule has 24 heavy (non-hydrogen) atoms. The van der Waals surface area contributed by atoms with Crippen LogP contribution in [0.2, 0.25) is 10.0 Å². The molecule has 0 aliphatic carbocycles. The van der Waals surface area contributed by atoms with Crippen molar-refractivity contribution in [1.29, 1.82) is 5.26 Å². The minimum Gasteiger partial charge on any atom is -0.493 e. The van der Waals surface area contributed by atoms with Crippen molar-refractivity contribution in [2.75, 3.05) is 0 Å². The van der Waals surface area contributed by atoms with Crippen molar-refractivity contribution in [3.05, 3.63) is 49.7 Å². The molecule has 1 aromatic heterocycles. The highest BCUT2D eigenvalue weighted by molar-refractivity contribution is 6.42. The van der Waals surface area contributed by atoms with E-state index in [-0.39, 0.29) is 29.2 Å². The summed E-state index contributed by atoms with van der Waals surface area (Å²) in [6, 6.07) is 6.58. The molecule has 1 heterocycles. The Bertz CT molecular complexity index is 914. The van der Waals surface area contributed by atoms with Crippen LogP contribution in [0.4, 0.5) is 11.4 Å². The second-order valence-electron chi connectivity index (χ2n) is 5.04. The van der Waals surface area contributed by atoms with Gasteiger partial charge in [0.25, 0.3) is 5.56 Å². The molecule has 2 aromatic rings. The molecule has 1 N–H and O–H groups in total. The molecule has 0 saturated carbocycles. The summed E-state index contributed by atoms with van der Waals surface area (Å²) in [7, 11) is 0. The van der Waals surface area contributed by atoms with Crippen LogP contribution in [0.15, 0.2) is 33.2 Å². The van der Waals surface area contributed by atoms with E-state index in [0.29, 0.717) is 22.2 Å². The first-order valence-corrected chi connectivity index (χ1v) is 7.89. The standard InChI is InChI=1S/C16H14Cl2N4O2/c1-3-6-22-15(23)11(8-19)9(2)14(16(22)24)21-20-10-4-5-12(17)13(18)7-10/h4-5,7,23H,3,6H2,1-2H3. The summed E-state index contributed by atoms with van der Waals surface area (Å²) < 4.78 is 1.12. The van der Waals surface area contributed by atoms with Gasteiger partial charge in [-0.15, -0.1) is 5.11 Å². The third-order valence-corrected chi connectivity index (χ3v) is 4.12. The molecule has 1 aromatic carbocycles. The Labute approximate surface area is 148 Å². The number of nitriles is 1. The monoisotopic (exact) mass is 364 g/mol. The van der Waals surface area contributed by atoms with Gasteiger partial charge < -0.3 is 5.11 Å². The lowest BCUT2D eigenvalue weighted by Crippen LogP contribution is -2.21. The van der Waals surface area contributed by atoms with Crippen LogP contribution < -0.4 is 5.56 Å². The normalized spacial score (nSPS) is 11.0. The van der Waals surface area contributed by atoms with Crippen LogP contribution in [-0.2, 0) is 6.54 Å². The van der Waals surface area contributed by atoms with Gasteiger partial charge in [0.05, 0.1) is 15.7 Å². The number of benzene rings is 1. The molecule has 0 unspecified atom stereocenters. The van der Waals surface area contributed by atoms with Crippen LogP contribution in [0, 0.1) is 18.3 Å². The molecule has 124 valence electrons. The van der Waals surface area contributed by atoms with Gasteiger partial charge in [0.15, 0.2) is 5.69 Å². The number of halogens is 2. The zero-order valence-electron chi connectivity index (χ0n) is 13.0. The molecule has 0 atom stereocenters. The fraction of sp³-hybridized carbons (Fsp3) is 0.250. The van der Waals surface area contributed by atoms with Gasteiger partial charge in [-0.3, -0.25) is 9.36 Å². The molecule has 0 saturated heterocycles. The van der Waals surface area contributed by atoms with E-state index in [0.717, 1.165) is 4.57 Å². The summed E-state index contributed by atoms with van der Waals surface area (Å²) in [6.45, 7) is 3.67. The minimum absolute atomic E-state index is 0.00359. The smallest absolute Gasteiger partial charge is 0.281 e. The highest BCUT2D eigenvalue weighted by atomic mass is 35.5. The lowest BCUT2D eigenvalue weighted by atomic mass is 10.1. The van der Waals surface area contributed by atoms with Crippen LogP contribution in [0.1, 0.15) is 24.5 Å². The molecule has 0 aliphatic rings. The SMILES string of the molecule is CCCn1c(O)c(C#N)c(C)c(N=Nc2ccc(Cl)c(Cl)c2)c1=O. The van der Waals surface area contributed by atoms with Crippen molar-refractivity contribution in [2.24, 2.45) is 10.2 Å². The summed E-state index contributed by atoms with van der Waals surface area (Å²) in [5, 5.41) is 28.0. The van der Waals surface area contributed by atoms with E-state index < -0.39 is 5.56 Å². The second kappa shape index (κ2) is 7.47. The Morgan fingerprint density at radius 1 is 1.29 bits per heavy atom.